The second-order valence-corrected chi connectivity index (χ2v) is 6.32. The van der Waals surface area contributed by atoms with Crippen molar-refractivity contribution in [2.45, 2.75) is 6.92 Å². The summed E-state index contributed by atoms with van der Waals surface area (Å²) in [5.41, 5.74) is 8.17. The molecule has 112 valence electrons. The Morgan fingerprint density at radius 1 is 1.27 bits per heavy atom. The lowest BCUT2D eigenvalue weighted by Crippen LogP contribution is -1.91. The van der Waals surface area contributed by atoms with E-state index in [2.05, 4.69) is 15.3 Å². The van der Waals surface area contributed by atoms with Gasteiger partial charge in [-0.1, -0.05) is 11.3 Å². The van der Waals surface area contributed by atoms with Crippen LogP contribution in [0.5, 0.6) is 0 Å². The number of rotatable bonds is 4. The van der Waals surface area contributed by atoms with E-state index in [-0.39, 0.29) is 5.69 Å². The molecule has 3 N–H and O–H groups in total. The van der Waals surface area contributed by atoms with E-state index in [1.807, 2.05) is 12.3 Å². The van der Waals surface area contributed by atoms with E-state index in [4.69, 9.17) is 5.73 Å². The van der Waals surface area contributed by atoms with E-state index in [0.29, 0.717) is 10.3 Å². The minimum absolute atomic E-state index is 0.0566. The molecule has 2 heterocycles. The van der Waals surface area contributed by atoms with Crippen molar-refractivity contribution in [3.8, 4) is 10.6 Å². The van der Waals surface area contributed by atoms with Crippen LogP contribution in [0.4, 0.5) is 21.6 Å². The number of anilines is 3. The molecule has 0 aliphatic rings. The molecule has 0 bridgehead atoms. The predicted molar refractivity (Wildman–Crippen MR) is 88.8 cm³/mol. The van der Waals surface area contributed by atoms with E-state index in [9.17, 15) is 10.1 Å². The summed E-state index contributed by atoms with van der Waals surface area (Å²) in [5, 5.41) is 16.9. The lowest BCUT2D eigenvalue weighted by molar-refractivity contribution is -0.384. The second kappa shape index (κ2) is 5.70. The quantitative estimate of drug-likeness (QED) is 0.555. The molecule has 3 rings (SSSR count). The first kappa shape index (κ1) is 14.4. The first-order valence-corrected chi connectivity index (χ1v) is 7.93. The number of aryl methyl sites for hydroxylation is 1. The first-order valence-electron chi connectivity index (χ1n) is 6.23. The van der Waals surface area contributed by atoms with E-state index < -0.39 is 4.92 Å². The van der Waals surface area contributed by atoms with Crippen LogP contribution in [0, 0.1) is 17.0 Å². The van der Waals surface area contributed by atoms with Gasteiger partial charge in [-0.3, -0.25) is 10.1 Å². The number of nitrogen functional groups attached to an aromatic ring is 1. The van der Waals surface area contributed by atoms with Crippen molar-refractivity contribution in [2.24, 2.45) is 0 Å². The van der Waals surface area contributed by atoms with Crippen molar-refractivity contribution in [1.29, 1.82) is 0 Å². The number of nitrogens with zero attached hydrogens (tertiary/aromatic N) is 3. The highest BCUT2D eigenvalue weighted by molar-refractivity contribution is 7.19. The summed E-state index contributed by atoms with van der Waals surface area (Å²) >= 11 is 2.85. The van der Waals surface area contributed by atoms with Crippen LogP contribution in [0.2, 0.25) is 0 Å². The van der Waals surface area contributed by atoms with Gasteiger partial charge in [0, 0.05) is 23.2 Å². The Morgan fingerprint density at radius 2 is 2.00 bits per heavy atom. The van der Waals surface area contributed by atoms with Crippen molar-refractivity contribution in [1.82, 2.24) is 9.97 Å². The summed E-state index contributed by atoms with van der Waals surface area (Å²) in [6.45, 7) is 1.89. The number of aromatic nitrogens is 2. The van der Waals surface area contributed by atoms with Gasteiger partial charge in [-0.15, -0.1) is 11.3 Å². The van der Waals surface area contributed by atoms with E-state index in [1.54, 1.807) is 12.1 Å². The Balaban J connectivity index is 1.79. The zero-order valence-corrected chi connectivity index (χ0v) is 13.1. The minimum Gasteiger partial charge on any atom is -0.375 e. The van der Waals surface area contributed by atoms with Gasteiger partial charge in [0.15, 0.2) is 10.3 Å². The van der Waals surface area contributed by atoms with Crippen LogP contribution in [0.1, 0.15) is 5.69 Å². The standard InChI is InChI=1S/C13H11N5O2S2/c1-7-11(22-12(14)15-7)10-6-21-13(17-10)16-8-2-4-9(5-3-8)18(19)20/h2-6H,1H3,(H2,14,15)(H,16,17). The number of non-ortho nitro benzene ring substituents is 1. The fourth-order valence-corrected chi connectivity index (χ4v) is 3.47. The lowest BCUT2D eigenvalue weighted by Gasteiger charge is -2.01. The van der Waals surface area contributed by atoms with Gasteiger partial charge < -0.3 is 11.1 Å². The van der Waals surface area contributed by atoms with Crippen LogP contribution in [-0.4, -0.2) is 14.9 Å². The van der Waals surface area contributed by atoms with Crippen molar-refractivity contribution in [2.75, 3.05) is 11.1 Å². The van der Waals surface area contributed by atoms with Crippen LogP contribution in [0.25, 0.3) is 10.6 Å². The Hall–Kier alpha value is -2.52. The monoisotopic (exact) mass is 333 g/mol. The van der Waals surface area contributed by atoms with Crippen molar-refractivity contribution in [3.63, 3.8) is 0 Å². The zero-order valence-electron chi connectivity index (χ0n) is 11.4. The number of hydrogen-bond donors (Lipinski definition) is 2. The maximum Gasteiger partial charge on any atom is 0.269 e. The van der Waals surface area contributed by atoms with Gasteiger partial charge in [0.25, 0.3) is 5.69 Å². The summed E-state index contributed by atoms with van der Waals surface area (Å²) in [6.07, 6.45) is 0. The maximum absolute atomic E-state index is 10.6. The number of benzene rings is 1. The molecule has 0 unspecified atom stereocenters. The van der Waals surface area contributed by atoms with Crippen LogP contribution < -0.4 is 11.1 Å². The third kappa shape index (κ3) is 2.90. The number of nitro benzene ring substituents is 1. The predicted octanol–water partition coefficient (Wildman–Crippen LogP) is 3.81. The average Bonchev–Trinajstić information content (AvgIpc) is 3.06. The lowest BCUT2D eigenvalue weighted by atomic mass is 10.3. The zero-order chi connectivity index (χ0) is 15.7. The summed E-state index contributed by atoms with van der Waals surface area (Å²) in [4.78, 5) is 19.8. The molecule has 9 heteroatoms. The molecular weight excluding hydrogens is 322 g/mol. The molecule has 1 aromatic carbocycles. The highest BCUT2D eigenvalue weighted by atomic mass is 32.1. The Morgan fingerprint density at radius 3 is 2.59 bits per heavy atom. The number of hydrogen-bond acceptors (Lipinski definition) is 8. The molecule has 3 aromatic rings. The molecule has 0 atom stereocenters. The SMILES string of the molecule is Cc1nc(N)sc1-c1csc(Nc2ccc([N+](=O)[O-])cc2)n1. The molecule has 0 spiro atoms. The average molecular weight is 333 g/mol. The Kier molecular flexibility index (Phi) is 3.73. The third-order valence-corrected chi connectivity index (χ3v) is 4.65. The molecule has 0 amide bonds. The highest BCUT2D eigenvalue weighted by Crippen LogP contribution is 2.34. The third-order valence-electron chi connectivity index (χ3n) is 2.88. The molecular formula is C13H11N5O2S2. The van der Waals surface area contributed by atoms with Crippen molar-refractivity contribution < 1.29 is 4.92 Å². The van der Waals surface area contributed by atoms with Crippen LogP contribution >= 0.6 is 22.7 Å². The van der Waals surface area contributed by atoms with Crippen molar-refractivity contribution in [3.05, 3.63) is 45.5 Å². The normalized spacial score (nSPS) is 10.6. The number of nitro groups is 1. The molecule has 2 aromatic heterocycles. The molecule has 7 nitrogen and oxygen atoms in total. The van der Waals surface area contributed by atoms with Crippen molar-refractivity contribution >= 4 is 44.3 Å². The van der Waals surface area contributed by atoms with Gasteiger partial charge in [-0.2, -0.15) is 0 Å². The van der Waals surface area contributed by atoms with Gasteiger partial charge in [0.2, 0.25) is 0 Å². The van der Waals surface area contributed by atoms with Gasteiger partial charge in [-0.25, -0.2) is 9.97 Å². The van der Waals surface area contributed by atoms with Crippen LogP contribution in [0.15, 0.2) is 29.6 Å². The van der Waals surface area contributed by atoms with E-state index in [0.717, 1.165) is 22.0 Å². The van der Waals surface area contributed by atoms with Gasteiger partial charge in [0.1, 0.15) is 0 Å². The molecule has 0 aliphatic carbocycles. The first-order chi connectivity index (χ1) is 10.5. The van der Waals surface area contributed by atoms with E-state index in [1.165, 1.54) is 34.8 Å². The van der Waals surface area contributed by atoms with Crippen LogP contribution in [-0.2, 0) is 0 Å². The summed E-state index contributed by atoms with van der Waals surface area (Å²) in [5.74, 6) is 0. The van der Waals surface area contributed by atoms with Crippen LogP contribution in [0.3, 0.4) is 0 Å². The highest BCUT2D eigenvalue weighted by Gasteiger charge is 2.12. The Bertz CT molecular complexity index is 825. The number of nitrogens with two attached hydrogens (primary N) is 1. The van der Waals surface area contributed by atoms with Gasteiger partial charge in [0.05, 0.1) is 21.2 Å². The largest absolute Gasteiger partial charge is 0.375 e. The minimum atomic E-state index is -0.428. The maximum atomic E-state index is 10.6. The molecule has 22 heavy (non-hydrogen) atoms. The molecule has 0 saturated heterocycles. The van der Waals surface area contributed by atoms with E-state index >= 15 is 0 Å². The number of thiazole rings is 2. The Labute approximate surface area is 133 Å². The molecule has 0 aliphatic heterocycles. The fourth-order valence-electron chi connectivity index (χ4n) is 1.88. The number of nitrogens with one attached hydrogen (secondary N) is 1. The summed E-state index contributed by atoms with van der Waals surface area (Å²) < 4.78 is 0. The summed E-state index contributed by atoms with van der Waals surface area (Å²) in [7, 11) is 0. The molecule has 0 radical (unpaired) electrons. The molecule has 0 fully saturated rings. The topological polar surface area (TPSA) is 107 Å². The van der Waals surface area contributed by atoms with Gasteiger partial charge in [-0.05, 0) is 19.1 Å². The fraction of sp³-hybridized carbons (Fsp3) is 0.0769. The second-order valence-electron chi connectivity index (χ2n) is 4.43. The summed E-state index contributed by atoms with van der Waals surface area (Å²) in [6, 6.07) is 6.19. The smallest absolute Gasteiger partial charge is 0.269 e. The van der Waals surface area contributed by atoms with Gasteiger partial charge >= 0.3 is 0 Å². The molecule has 0 saturated carbocycles.